The first-order valence-electron chi connectivity index (χ1n) is 9.28. The highest BCUT2D eigenvalue weighted by Crippen LogP contribution is 1.96. The van der Waals surface area contributed by atoms with Crippen molar-refractivity contribution < 1.29 is 54.2 Å². The minimum Gasteiger partial charge on any atom is -0.481 e. The number of aromatic carboxylic acids is 1. The molecule has 1 aromatic rings. The Balaban J connectivity index is -0.0000000945. The molecule has 0 heterocycles. The third kappa shape index (κ3) is 81.9. The van der Waals surface area contributed by atoms with E-state index in [1.165, 1.54) is 0 Å². The van der Waals surface area contributed by atoms with Crippen LogP contribution in [0.15, 0.2) is 43.0 Å². The molecule has 0 amide bonds. The quantitative estimate of drug-likeness (QED) is 0.382. The lowest BCUT2D eigenvalue weighted by Gasteiger charge is -1.88. The van der Waals surface area contributed by atoms with Crippen molar-refractivity contribution in [2.24, 2.45) is 0 Å². The van der Waals surface area contributed by atoms with Crippen LogP contribution in [0.25, 0.3) is 0 Å². The van der Waals surface area contributed by atoms with Crippen molar-refractivity contribution in [2.45, 2.75) is 34.6 Å². The molecule has 0 radical (unpaired) electrons. The minimum atomic E-state index is -1.83. The highest BCUT2D eigenvalue weighted by molar-refractivity contribution is 5.87. The van der Waals surface area contributed by atoms with Crippen LogP contribution in [0.5, 0.6) is 0 Å². The van der Waals surface area contributed by atoms with Gasteiger partial charge in [-0.2, -0.15) is 0 Å². The topological polar surface area (TPSA) is 188 Å². The Kier molecular flexibility index (Phi) is 42.8. The van der Waals surface area contributed by atoms with Gasteiger partial charge in [-0.1, -0.05) is 24.8 Å². The summed E-state index contributed by atoms with van der Waals surface area (Å²) in [6.07, 6.45) is -1.00. The van der Waals surface area contributed by atoms with Crippen LogP contribution in [0.3, 0.4) is 0 Å². The molecule has 0 spiro atoms. The van der Waals surface area contributed by atoms with E-state index in [-0.39, 0.29) is 0 Å². The number of carboxylic acids is 3. The smallest absolute Gasteiger partial charge is 0.481 e. The Morgan fingerprint density at radius 1 is 0.781 bits per heavy atom. The third-order valence-corrected chi connectivity index (χ3v) is 2.01. The van der Waals surface area contributed by atoms with Gasteiger partial charge in [-0.25, -0.2) is 14.4 Å². The fraction of sp³-hybridized carbons (Fsp3) is 0.429. The Morgan fingerprint density at radius 2 is 1.03 bits per heavy atom. The number of carbonyl (C=O) groups is 4. The van der Waals surface area contributed by atoms with Gasteiger partial charge in [0.1, 0.15) is 0 Å². The molecule has 0 unspecified atom stereocenters. The Morgan fingerprint density at radius 3 is 1.12 bits per heavy atom. The average molecular weight is 465 g/mol. The van der Waals surface area contributed by atoms with Crippen molar-refractivity contribution in [3.8, 4) is 0 Å². The van der Waals surface area contributed by atoms with Crippen molar-refractivity contribution in [2.75, 3.05) is 26.4 Å². The van der Waals surface area contributed by atoms with Crippen LogP contribution in [0, 0.1) is 0 Å². The number of ether oxygens (including phenoxy) is 2. The van der Waals surface area contributed by atoms with Crippen LogP contribution in [0.1, 0.15) is 45.0 Å². The first-order valence-corrected chi connectivity index (χ1v) is 9.28. The maximum atomic E-state index is 10.2. The molecule has 0 saturated carbocycles. The number of hydrogen-bond acceptors (Lipinski definition) is 6. The van der Waals surface area contributed by atoms with E-state index >= 15 is 0 Å². The van der Waals surface area contributed by atoms with Crippen molar-refractivity contribution >= 4 is 24.1 Å². The number of carboxylic acid groups (broad SMARTS) is 5. The van der Waals surface area contributed by atoms with Gasteiger partial charge in [0, 0.05) is 39.4 Å². The number of hydrogen-bond donors (Lipinski definition) is 5. The van der Waals surface area contributed by atoms with Gasteiger partial charge >= 0.3 is 18.1 Å². The Bertz CT molecular complexity index is 542. The van der Waals surface area contributed by atoms with E-state index in [1.807, 2.05) is 27.7 Å². The molecule has 11 heteroatoms. The summed E-state index contributed by atoms with van der Waals surface area (Å²) in [5, 5.41) is 37.4. The molecule has 0 aromatic heterocycles. The van der Waals surface area contributed by atoms with Crippen molar-refractivity contribution in [3.63, 3.8) is 0 Å². The lowest BCUT2D eigenvalue weighted by atomic mass is 10.2. The standard InChI is InChI=1S/C7H6O2.2C4H10O.C3H4O2.C2H4O2.CH2O3/c8-7(9)6-4-2-1-3-5-6;2*1-3-5-4-2;1-2-3(4)5;1-2(3)4;2-1(3)4/h1-5H,(H,8,9);2*3-4H2,1-2H3;2H,1H2,(H,4,5);1H3,(H,3,4);(H2,2,3,4). The normalized spacial score (nSPS) is 7.66. The Hall–Kier alpha value is -3.44. The molecule has 0 atom stereocenters. The summed E-state index contributed by atoms with van der Waals surface area (Å²) >= 11 is 0. The van der Waals surface area contributed by atoms with Gasteiger partial charge in [0.25, 0.3) is 5.97 Å². The number of rotatable bonds is 6. The molecule has 0 aliphatic heterocycles. The molecule has 5 N–H and O–H groups in total. The number of benzene rings is 1. The van der Waals surface area contributed by atoms with Gasteiger partial charge in [0.15, 0.2) is 0 Å². The van der Waals surface area contributed by atoms with Crippen LogP contribution in [-0.4, -0.2) is 76.0 Å². The summed E-state index contributed by atoms with van der Waals surface area (Å²) in [6, 6.07) is 8.30. The van der Waals surface area contributed by atoms with Crippen molar-refractivity contribution in [3.05, 3.63) is 48.6 Å². The van der Waals surface area contributed by atoms with E-state index in [0.29, 0.717) is 5.56 Å². The largest absolute Gasteiger partial charge is 0.503 e. The third-order valence-electron chi connectivity index (χ3n) is 2.01. The first-order chi connectivity index (χ1) is 14.9. The lowest BCUT2D eigenvalue weighted by molar-refractivity contribution is -0.134. The fourth-order valence-electron chi connectivity index (χ4n) is 0.989. The first kappa shape index (κ1) is 39.1. The molecule has 32 heavy (non-hydrogen) atoms. The second-order valence-corrected chi connectivity index (χ2v) is 4.58. The van der Waals surface area contributed by atoms with Crippen LogP contribution in [0.4, 0.5) is 4.79 Å². The highest BCUT2D eigenvalue weighted by atomic mass is 16.6. The predicted molar refractivity (Wildman–Crippen MR) is 120 cm³/mol. The molecular weight excluding hydrogens is 428 g/mol. The van der Waals surface area contributed by atoms with Crippen LogP contribution < -0.4 is 0 Å². The summed E-state index contributed by atoms with van der Waals surface area (Å²) < 4.78 is 9.67. The molecule has 0 aliphatic carbocycles. The minimum absolute atomic E-state index is 0.331. The zero-order valence-corrected chi connectivity index (χ0v) is 19.2. The van der Waals surface area contributed by atoms with Crippen LogP contribution in [-0.2, 0) is 19.1 Å². The second-order valence-electron chi connectivity index (χ2n) is 4.58. The molecule has 0 bridgehead atoms. The van der Waals surface area contributed by atoms with Crippen LogP contribution in [0.2, 0.25) is 0 Å². The summed E-state index contributed by atoms with van der Waals surface area (Å²) in [5.41, 5.74) is 0.331. The van der Waals surface area contributed by atoms with Gasteiger partial charge in [-0.05, 0) is 39.8 Å². The highest BCUT2D eigenvalue weighted by Gasteiger charge is 1.96. The zero-order chi connectivity index (χ0) is 26.4. The molecule has 11 nitrogen and oxygen atoms in total. The predicted octanol–water partition coefficient (Wildman–Crippen LogP) is 4.04. The maximum absolute atomic E-state index is 10.2. The van der Waals surface area contributed by atoms with Gasteiger partial charge in [-0.3, -0.25) is 4.79 Å². The average Bonchev–Trinajstić information content (AvgIpc) is 2.70. The van der Waals surface area contributed by atoms with E-state index in [2.05, 4.69) is 6.58 Å². The second kappa shape index (κ2) is 35.0. The SMILES string of the molecule is C=CC(=O)O.CC(=O)O.CCOCC.CCOCC.O=C(O)O.O=C(O)c1ccccc1. The van der Waals surface area contributed by atoms with Gasteiger partial charge in [0.05, 0.1) is 5.56 Å². The molecular formula is C21H36O11. The monoisotopic (exact) mass is 464 g/mol. The van der Waals surface area contributed by atoms with Crippen molar-refractivity contribution in [1.29, 1.82) is 0 Å². The van der Waals surface area contributed by atoms with Crippen molar-refractivity contribution in [1.82, 2.24) is 0 Å². The van der Waals surface area contributed by atoms with E-state index in [9.17, 15) is 9.59 Å². The van der Waals surface area contributed by atoms with Gasteiger partial charge in [-0.15, -0.1) is 0 Å². The van der Waals surface area contributed by atoms with E-state index in [1.54, 1.807) is 30.3 Å². The number of aliphatic carboxylic acids is 2. The maximum Gasteiger partial charge on any atom is 0.503 e. The zero-order valence-electron chi connectivity index (χ0n) is 19.2. The van der Waals surface area contributed by atoms with E-state index in [4.69, 9.17) is 44.6 Å². The molecule has 1 aromatic carbocycles. The summed E-state index contributed by atoms with van der Waals surface area (Å²) in [6.45, 7) is 15.4. The van der Waals surface area contributed by atoms with Gasteiger partial charge < -0.3 is 35.0 Å². The summed E-state index contributed by atoms with van der Waals surface area (Å²) in [4.78, 5) is 37.0. The van der Waals surface area contributed by atoms with Gasteiger partial charge in [0.2, 0.25) is 0 Å². The molecule has 0 fully saturated rings. The summed E-state index contributed by atoms with van der Waals surface area (Å²) in [7, 11) is 0. The summed E-state index contributed by atoms with van der Waals surface area (Å²) in [5.74, 6) is -2.69. The van der Waals surface area contributed by atoms with E-state index < -0.39 is 24.1 Å². The fourth-order valence-corrected chi connectivity index (χ4v) is 0.989. The Labute approximate surface area is 188 Å². The molecule has 1 rings (SSSR count). The van der Waals surface area contributed by atoms with Crippen LogP contribution >= 0.6 is 0 Å². The molecule has 186 valence electrons. The lowest BCUT2D eigenvalue weighted by Crippen LogP contribution is -1.93. The van der Waals surface area contributed by atoms with E-state index in [0.717, 1.165) is 39.4 Å². The molecule has 0 saturated heterocycles. The molecule has 0 aliphatic rings.